The molecule has 148 valence electrons. The maximum Gasteiger partial charge on any atom is 0.430 e. The Morgan fingerprint density at radius 2 is 1.52 bits per heavy atom. The van der Waals surface area contributed by atoms with Gasteiger partial charge in [-0.3, -0.25) is 8.32 Å². The third-order valence-corrected chi connectivity index (χ3v) is 5.89. The molecule has 0 aromatic heterocycles. The molecule has 0 saturated heterocycles. The van der Waals surface area contributed by atoms with E-state index in [-0.39, 0.29) is 12.8 Å². The summed E-state index contributed by atoms with van der Waals surface area (Å²) in [7, 11) is 0. The molecule has 0 aliphatic heterocycles. The minimum absolute atomic E-state index is 0.0255. The van der Waals surface area contributed by atoms with Crippen molar-refractivity contribution in [3.8, 4) is 0 Å². The highest BCUT2D eigenvalue weighted by molar-refractivity contribution is 14.1. The first-order valence-corrected chi connectivity index (χ1v) is 8.60. The van der Waals surface area contributed by atoms with E-state index >= 15 is 0 Å². The first-order valence-electron chi connectivity index (χ1n) is 7.52. The second-order valence-corrected chi connectivity index (χ2v) is 7.47. The number of ether oxygens (including phenoxy) is 1. The number of nitrogens with one attached hydrogen (secondary N) is 1. The van der Waals surface area contributed by atoms with Crippen LogP contribution in [0.15, 0.2) is 0 Å². The fourth-order valence-corrected chi connectivity index (χ4v) is 3.56. The molecular formula is C14H20F6INO3. The van der Waals surface area contributed by atoms with Gasteiger partial charge in [0.1, 0.15) is 0 Å². The van der Waals surface area contributed by atoms with E-state index in [4.69, 9.17) is 4.74 Å². The molecule has 0 radical (unpaired) electrons. The largest absolute Gasteiger partial charge is 0.455 e. The van der Waals surface area contributed by atoms with Crippen molar-refractivity contribution in [3.63, 3.8) is 0 Å². The molecule has 0 aromatic rings. The van der Waals surface area contributed by atoms with Gasteiger partial charge in [0.25, 0.3) is 5.60 Å². The van der Waals surface area contributed by atoms with Crippen molar-refractivity contribution in [2.45, 2.75) is 76.1 Å². The summed E-state index contributed by atoms with van der Waals surface area (Å²) in [5.41, 5.74) is -9.63. The summed E-state index contributed by atoms with van der Waals surface area (Å²) in [5, 5.41) is 9.80. The smallest absolute Gasteiger partial charge is 0.430 e. The van der Waals surface area contributed by atoms with E-state index in [0.29, 0.717) is 0 Å². The summed E-state index contributed by atoms with van der Waals surface area (Å²) >= 11 is 1.71. The van der Waals surface area contributed by atoms with Gasteiger partial charge in [0.15, 0.2) is 5.60 Å². The Hall–Kier alpha value is -0.300. The van der Waals surface area contributed by atoms with Gasteiger partial charge in [-0.25, -0.2) is 0 Å². The lowest BCUT2D eigenvalue weighted by Gasteiger charge is -2.46. The Morgan fingerprint density at radius 1 is 1.12 bits per heavy atom. The van der Waals surface area contributed by atoms with Crippen LogP contribution >= 0.6 is 22.9 Å². The van der Waals surface area contributed by atoms with Crippen molar-refractivity contribution >= 4 is 28.8 Å². The van der Waals surface area contributed by atoms with Crippen LogP contribution in [-0.4, -0.2) is 40.7 Å². The fourth-order valence-electron chi connectivity index (χ4n) is 2.78. The van der Waals surface area contributed by atoms with Crippen molar-refractivity contribution in [2.75, 3.05) is 0 Å². The predicted octanol–water partition coefficient (Wildman–Crippen LogP) is 4.05. The number of aliphatic hydroxyl groups is 1. The zero-order chi connectivity index (χ0) is 19.9. The summed E-state index contributed by atoms with van der Waals surface area (Å²) in [4.78, 5) is 12.4. The van der Waals surface area contributed by atoms with E-state index in [9.17, 15) is 36.2 Å². The van der Waals surface area contributed by atoms with Crippen molar-refractivity contribution in [1.82, 2.24) is 3.53 Å². The molecule has 4 nitrogen and oxygen atoms in total. The number of alkyl halides is 6. The molecule has 1 unspecified atom stereocenters. The monoisotopic (exact) mass is 491 g/mol. The molecule has 0 spiro atoms. The SMILES string of the molecule is CC(NI)C(C)(C)C(=O)OC1(C(O)(C(F)(F)F)C(F)(F)F)CCCC1. The molecule has 0 heterocycles. The number of carbonyl (C=O) groups is 1. The van der Waals surface area contributed by atoms with E-state index in [0.717, 1.165) is 0 Å². The van der Waals surface area contributed by atoms with Crippen molar-refractivity contribution < 1.29 is 41.0 Å². The number of hydrogen-bond donors (Lipinski definition) is 2. The molecule has 2 N–H and O–H groups in total. The average molecular weight is 491 g/mol. The summed E-state index contributed by atoms with van der Waals surface area (Å²) in [6.45, 7) is 4.22. The topological polar surface area (TPSA) is 58.6 Å². The van der Waals surface area contributed by atoms with Crippen LogP contribution in [0, 0.1) is 5.41 Å². The Labute approximate surface area is 155 Å². The Morgan fingerprint density at radius 3 is 1.84 bits per heavy atom. The minimum Gasteiger partial charge on any atom is -0.455 e. The molecule has 25 heavy (non-hydrogen) atoms. The lowest BCUT2D eigenvalue weighted by atomic mass is 9.78. The third-order valence-electron chi connectivity index (χ3n) is 4.95. The maximum absolute atomic E-state index is 13.3. The fraction of sp³-hybridized carbons (Fsp3) is 0.929. The lowest BCUT2D eigenvalue weighted by molar-refractivity contribution is -0.412. The molecule has 11 heteroatoms. The van der Waals surface area contributed by atoms with Gasteiger partial charge in [-0.2, -0.15) is 26.3 Å². The maximum atomic E-state index is 13.3. The third kappa shape index (κ3) is 3.73. The highest BCUT2D eigenvalue weighted by atomic mass is 127. The molecule has 1 aliphatic carbocycles. The van der Waals surface area contributed by atoms with Crippen LogP contribution in [0.4, 0.5) is 26.3 Å². The second-order valence-electron chi connectivity index (χ2n) is 6.85. The summed E-state index contributed by atoms with van der Waals surface area (Å²) in [5.74, 6) is -1.24. The molecule has 0 aromatic carbocycles. The summed E-state index contributed by atoms with van der Waals surface area (Å²) in [6, 6.07) is -0.594. The van der Waals surface area contributed by atoms with Gasteiger partial charge in [0, 0.05) is 28.9 Å². The number of esters is 1. The van der Waals surface area contributed by atoms with Gasteiger partial charge in [0.05, 0.1) is 5.41 Å². The second kappa shape index (κ2) is 7.02. The van der Waals surface area contributed by atoms with E-state index < -0.39 is 53.8 Å². The summed E-state index contributed by atoms with van der Waals surface area (Å²) < 4.78 is 87.3. The highest BCUT2D eigenvalue weighted by Gasteiger charge is 2.81. The number of carbonyl (C=O) groups excluding carboxylic acids is 1. The van der Waals surface area contributed by atoms with Crippen LogP contribution in [0.25, 0.3) is 0 Å². The van der Waals surface area contributed by atoms with Crippen LogP contribution in [0.3, 0.4) is 0 Å². The van der Waals surface area contributed by atoms with Crippen molar-refractivity contribution in [1.29, 1.82) is 0 Å². The van der Waals surface area contributed by atoms with E-state index in [2.05, 4.69) is 3.53 Å². The van der Waals surface area contributed by atoms with Gasteiger partial charge in [0.2, 0.25) is 0 Å². The van der Waals surface area contributed by atoms with Crippen LogP contribution in [0.2, 0.25) is 0 Å². The van der Waals surface area contributed by atoms with Crippen molar-refractivity contribution in [3.05, 3.63) is 0 Å². The summed E-state index contributed by atoms with van der Waals surface area (Å²) in [6.07, 6.45) is -13.6. The molecular weight excluding hydrogens is 471 g/mol. The highest BCUT2D eigenvalue weighted by Crippen LogP contribution is 2.56. The zero-order valence-electron chi connectivity index (χ0n) is 13.8. The first kappa shape index (κ1) is 22.7. The molecule has 1 rings (SSSR count). The Bertz CT molecular complexity index is 486. The predicted molar refractivity (Wildman–Crippen MR) is 84.7 cm³/mol. The van der Waals surface area contributed by atoms with Gasteiger partial charge in [-0.1, -0.05) is 0 Å². The molecule has 0 amide bonds. The van der Waals surface area contributed by atoms with Crippen LogP contribution in [0.5, 0.6) is 0 Å². The van der Waals surface area contributed by atoms with Gasteiger partial charge in [-0.15, -0.1) is 0 Å². The molecule has 0 bridgehead atoms. The van der Waals surface area contributed by atoms with Crippen LogP contribution in [-0.2, 0) is 9.53 Å². The minimum atomic E-state index is -6.05. The van der Waals surface area contributed by atoms with Gasteiger partial charge >= 0.3 is 18.3 Å². The molecule has 1 fully saturated rings. The molecule has 1 saturated carbocycles. The molecule has 1 aliphatic rings. The van der Waals surface area contributed by atoms with Gasteiger partial charge in [-0.05, 0) is 46.5 Å². The zero-order valence-corrected chi connectivity index (χ0v) is 16.0. The lowest BCUT2D eigenvalue weighted by Crippen LogP contribution is -2.71. The average Bonchev–Trinajstić information content (AvgIpc) is 2.92. The molecule has 1 atom stereocenters. The number of rotatable bonds is 5. The first-order chi connectivity index (χ1) is 11.1. The van der Waals surface area contributed by atoms with Crippen molar-refractivity contribution in [2.24, 2.45) is 5.41 Å². The standard InChI is InChI=1S/C14H20F6INO3/c1-8(22-21)10(2,3)9(23)25-11(6-4-5-7-11)12(24,13(15,16)17)14(18,19)20/h8,22,24H,4-7H2,1-3H3. The van der Waals surface area contributed by atoms with E-state index in [1.807, 2.05) is 0 Å². The van der Waals surface area contributed by atoms with E-state index in [1.54, 1.807) is 22.9 Å². The van der Waals surface area contributed by atoms with Crippen LogP contribution in [0.1, 0.15) is 46.5 Å². The van der Waals surface area contributed by atoms with E-state index in [1.165, 1.54) is 20.8 Å². The normalized spacial score (nSPS) is 20.4. The quantitative estimate of drug-likeness (QED) is 0.264. The van der Waals surface area contributed by atoms with Crippen LogP contribution < -0.4 is 3.53 Å². The Kier molecular flexibility index (Phi) is 6.39. The Balaban J connectivity index is 3.40. The number of hydrogen-bond acceptors (Lipinski definition) is 4. The van der Waals surface area contributed by atoms with Gasteiger partial charge < -0.3 is 9.84 Å². The number of halogens is 7.